The highest BCUT2D eigenvalue weighted by Gasteiger charge is 2.17. The maximum Gasteiger partial charge on any atom is 0.191 e. The fourth-order valence-electron chi connectivity index (χ4n) is 3.25. The fraction of sp³-hybridized carbons (Fsp3) is 0.600. The largest absolute Gasteiger partial charge is 0.357 e. The topological polar surface area (TPSA) is 63.5 Å². The summed E-state index contributed by atoms with van der Waals surface area (Å²) in [5, 5.41) is 15.5. The molecule has 5 nitrogen and oxygen atoms in total. The van der Waals surface area contributed by atoms with Crippen molar-refractivity contribution in [2.75, 3.05) is 26.2 Å². The van der Waals surface area contributed by atoms with Crippen molar-refractivity contribution >= 4 is 5.96 Å². The number of rotatable bonds is 7. The van der Waals surface area contributed by atoms with Crippen LogP contribution in [0.5, 0.6) is 0 Å². The van der Waals surface area contributed by atoms with Gasteiger partial charge < -0.3 is 15.5 Å². The van der Waals surface area contributed by atoms with Crippen LogP contribution in [0, 0.1) is 17.1 Å². The number of nitrogens with one attached hydrogen (secondary N) is 2. The Balaban J connectivity index is 1.83. The summed E-state index contributed by atoms with van der Waals surface area (Å²) in [5.74, 6) is 0.351. The zero-order valence-corrected chi connectivity index (χ0v) is 15.9. The molecule has 0 saturated carbocycles. The summed E-state index contributed by atoms with van der Waals surface area (Å²) in [6, 6.07) is 7.07. The molecule has 2 rings (SSSR count). The molecule has 2 N–H and O–H groups in total. The van der Waals surface area contributed by atoms with Gasteiger partial charge in [-0.15, -0.1) is 0 Å². The van der Waals surface area contributed by atoms with Gasteiger partial charge in [0.2, 0.25) is 0 Å². The normalized spacial score (nSPS) is 18.4. The maximum absolute atomic E-state index is 13.9. The Hall–Kier alpha value is -2.13. The molecule has 1 aliphatic rings. The van der Waals surface area contributed by atoms with E-state index in [-0.39, 0.29) is 12.4 Å². The lowest BCUT2D eigenvalue weighted by Gasteiger charge is -2.33. The van der Waals surface area contributed by atoms with Gasteiger partial charge in [0, 0.05) is 31.2 Å². The third kappa shape index (κ3) is 6.30. The molecule has 1 saturated heterocycles. The van der Waals surface area contributed by atoms with Gasteiger partial charge in [-0.25, -0.2) is 9.38 Å². The number of nitriles is 1. The van der Waals surface area contributed by atoms with Crippen LogP contribution in [0.3, 0.4) is 0 Å². The minimum atomic E-state index is -0.331. The number of hydrogen-bond donors (Lipinski definition) is 2. The molecule has 1 atom stereocenters. The fourth-order valence-corrected chi connectivity index (χ4v) is 3.25. The molecule has 1 heterocycles. The average Bonchev–Trinajstić information content (AvgIpc) is 2.65. The summed E-state index contributed by atoms with van der Waals surface area (Å²) < 4.78 is 13.9. The van der Waals surface area contributed by atoms with Crippen LogP contribution in [0.1, 0.15) is 50.7 Å². The zero-order valence-electron chi connectivity index (χ0n) is 15.9. The van der Waals surface area contributed by atoms with Crippen LogP contribution in [-0.2, 0) is 6.54 Å². The predicted molar refractivity (Wildman–Crippen MR) is 103 cm³/mol. The zero-order chi connectivity index (χ0) is 18.8. The smallest absolute Gasteiger partial charge is 0.191 e. The molecule has 1 aromatic carbocycles. The van der Waals surface area contributed by atoms with Crippen molar-refractivity contribution in [1.82, 2.24) is 15.5 Å². The summed E-state index contributed by atoms with van der Waals surface area (Å²) in [5.41, 5.74) is 0.883. The molecule has 142 valence electrons. The monoisotopic (exact) mass is 359 g/mol. The number of nitrogens with zero attached hydrogens (tertiary/aromatic N) is 3. The highest BCUT2D eigenvalue weighted by atomic mass is 19.1. The molecule has 0 bridgehead atoms. The Morgan fingerprint density at radius 3 is 2.96 bits per heavy atom. The summed E-state index contributed by atoms with van der Waals surface area (Å²) in [6.45, 7) is 8.38. The highest BCUT2D eigenvalue weighted by molar-refractivity contribution is 5.79. The SMILES string of the molecule is CCNC(=NCc1cc(C#N)ccc1F)NCCCN1CCCCC1C. The van der Waals surface area contributed by atoms with E-state index in [1.54, 1.807) is 6.07 Å². The van der Waals surface area contributed by atoms with Crippen molar-refractivity contribution in [2.24, 2.45) is 4.99 Å². The van der Waals surface area contributed by atoms with E-state index in [2.05, 4.69) is 27.4 Å². The quantitative estimate of drug-likeness (QED) is 0.446. The van der Waals surface area contributed by atoms with Gasteiger partial charge in [-0.2, -0.15) is 5.26 Å². The van der Waals surface area contributed by atoms with E-state index in [0.29, 0.717) is 23.1 Å². The van der Waals surface area contributed by atoms with Gasteiger partial charge in [-0.05, 0) is 57.9 Å². The number of likely N-dealkylation sites (tertiary alicyclic amines) is 1. The molecule has 1 unspecified atom stereocenters. The first kappa shape index (κ1) is 20.2. The average molecular weight is 359 g/mol. The molecule has 26 heavy (non-hydrogen) atoms. The van der Waals surface area contributed by atoms with Gasteiger partial charge in [0.05, 0.1) is 18.2 Å². The van der Waals surface area contributed by atoms with Gasteiger partial charge in [0.15, 0.2) is 5.96 Å². The van der Waals surface area contributed by atoms with Gasteiger partial charge in [-0.1, -0.05) is 6.42 Å². The van der Waals surface area contributed by atoms with E-state index in [1.165, 1.54) is 37.9 Å². The second-order valence-electron chi connectivity index (χ2n) is 6.77. The van der Waals surface area contributed by atoms with Crippen molar-refractivity contribution in [1.29, 1.82) is 5.26 Å². The van der Waals surface area contributed by atoms with Crippen LogP contribution in [0.2, 0.25) is 0 Å². The molecular weight excluding hydrogens is 329 g/mol. The third-order valence-electron chi connectivity index (χ3n) is 4.78. The van der Waals surface area contributed by atoms with Gasteiger partial charge in [0.25, 0.3) is 0 Å². The lowest BCUT2D eigenvalue weighted by atomic mass is 10.0. The second-order valence-corrected chi connectivity index (χ2v) is 6.77. The van der Waals surface area contributed by atoms with Gasteiger partial charge >= 0.3 is 0 Å². The van der Waals surface area contributed by atoms with Gasteiger partial charge in [0.1, 0.15) is 5.82 Å². The highest BCUT2D eigenvalue weighted by Crippen LogP contribution is 2.16. The number of guanidine groups is 1. The van der Waals surface area contributed by atoms with E-state index >= 15 is 0 Å². The van der Waals surface area contributed by atoms with Crippen LogP contribution in [0.15, 0.2) is 23.2 Å². The Kier molecular flexibility index (Phi) is 8.36. The number of aliphatic imine (C=N–C) groups is 1. The Labute approximate surface area is 156 Å². The minimum absolute atomic E-state index is 0.208. The molecule has 1 aromatic rings. The lowest BCUT2D eigenvalue weighted by molar-refractivity contribution is 0.159. The van der Waals surface area contributed by atoms with Crippen molar-refractivity contribution in [3.8, 4) is 6.07 Å². The molecule has 1 fully saturated rings. The summed E-state index contributed by atoms with van der Waals surface area (Å²) in [7, 11) is 0. The molecule has 0 aromatic heterocycles. The molecule has 6 heteroatoms. The molecule has 0 amide bonds. The van der Waals surface area contributed by atoms with Crippen molar-refractivity contribution < 1.29 is 4.39 Å². The molecule has 0 aliphatic carbocycles. The maximum atomic E-state index is 13.9. The first-order valence-corrected chi connectivity index (χ1v) is 9.58. The number of piperidine rings is 1. The standard InChI is InChI=1S/C20H30FN5/c1-3-23-20(24-10-6-12-26-11-5-4-7-16(26)2)25-15-18-13-17(14-22)8-9-19(18)21/h8-9,13,16H,3-7,10-12,15H2,1-2H3,(H2,23,24,25). The Bertz CT molecular complexity index is 638. The van der Waals surface area contributed by atoms with Crippen molar-refractivity contribution in [3.05, 3.63) is 35.1 Å². The number of hydrogen-bond acceptors (Lipinski definition) is 3. The van der Waals surface area contributed by atoms with E-state index in [9.17, 15) is 4.39 Å². The predicted octanol–water partition coefficient (Wildman–Crippen LogP) is 3.02. The van der Waals surface area contributed by atoms with E-state index in [4.69, 9.17) is 5.26 Å². The summed E-state index contributed by atoms with van der Waals surface area (Å²) >= 11 is 0. The Morgan fingerprint density at radius 1 is 1.38 bits per heavy atom. The molecule has 1 aliphatic heterocycles. The number of halogens is 1. The van der Waals surface area contributed by atoms with E-state index in [0.717, 1.165) is 26.1 Å². The van der Waals surface area contributed by atoms with Crippen molar-refractivity contribution in [2.45, 2.75) is 52.1 Å². The summed E-state index contributed by atoms with van der Waals surface area (Å²) in [4.78, 5) is 7.00. The van der Waals surface area contributed by atoms with Crippen LogP contribution < -0.4 is 10.6 Å². The van der Waals surface area contributed by atoms with Crippen LogP contribution >= 0.6 is 0 Å². The molecular formula is C20H30FN5. The molecule has 0 spiro atoms. The van der Waals surface area contributed by atoms with Crippen LogP contribution in [0.4, 0.5) is 4.39 Å². The van der Waals surface area contributed by atoms with Crippen molar-refractivity contribution in [3.63, 3.8) is 0 Å². The molecule has 0 radical (unpaired) electrons. The lowest BCUT2D eigenvalue weighted by Crippen LogP contribution is -2.41. The van der Waals surface area contributed by atoms with Gasteiger partial charge in [-0.3, -0.25) is 0 Å². The van der Waals surface area contributed by atoms with Crippen LogP contribution in [0.25, 0.3) is 0 Å². The van der Waals surface area contributed by atoms with E-state index < -0.39 is 0 Å². The third-order valence-corrected chi connectivity index (χ3v) is 4.78. The van der Waals surface area contributed by atoms with Crippen LogP contribution in [-0.4, -0.2) is 43.1 Å². The summed E-state index contributed by atoms with van der Waals surface area (Å²) in [6.07, 6.45) is 4.99. The first-order chi connectivity index (χ1) is 12.6. The Morgan fingerprint density at radius 2 is 2.23 bits per heavy atom. The minimum Gasteiger partial charge on any atom is -0.357 e. The number of benzene rings is 1. The first-order valence-electron chi connectivity index (χ1n) is 9.58. The second kappa shape index (κ2) is 10.8. The van der Waals surface area contributed by atoms with E-state index in [1.807, 2.05) is 13.0 Å².